The Hall–Kier alpha value is -2.88. The van der Waals surface area contributed by atoms with Crippen LogP contribution in [0.1, 0.15) is 25.5 Å². The molecule has 0 spiro atoms. The molecule has 0 aliphatic heterocycles. The van der Waals surface area contributed by atoms with Gasteiger partial charge in [-0.2, -0.15) is 5.10 Å². The second-order valence-electron chi connectivity index (χ2n) is 6.53. The summed E-state index contributed by atoms with van der Waals surface area (Å²) in [4.78, 5) is 0. The van der Waals surface area contributed by atoms with Crippen molar-refractivity contribution in [1.82, 2.24) is 9.61 Å². The molecule has 2 aromatic carbocycles. The van der Waals surface area contributed by atoms with Crippen molar-refractivity contribution in [1.29, 1.82) is 0 Å². The summed E-state index contributed by atoms with van der Waals surface area (Å²) in [6.07, 6.45) is 3.10. The number of methoxy groups -OCH3 is 1. The Labute approximate surface area is 152 Å². The number of ether oxygens (including phenoxy) is 1. The summed E-state index contributed by atoms with van der Waals surface area (Å²) in [7, 11) is 1.66. The van der Waals surface area contributed by atoms with Gasteiger partial charge >= 0.3 is 0 Å². The highest BCUT2D eigenvalue weighted by Crippen LogP contribution is 2.29. The molecule has 4 aromatic rings. The number of aromatic nitrogens is 2. The van der Waals surface area contributed by atoms with E-state index in [4.69, 9.17) is 9.84 Å². The predicted octanol–water partition coefficient (Wildman–Crippen LogP) is 5.64. The van der Waals surface area contributed by atoms with Gasteiger partial charge in [-0.1, -0.05) is 13.3 Å². The molecule has 0 N–H and O–H groups in total. The normalized spacial score (nSPS) is 11.3. The lowest BCUT2D eigenvalue weighted by atomic mass is 10.1. The SMILES string of the molecule is CCCCc1cc2cc(F)ccc2c2cc(-c3ccc(OC)cc3)nn12. The second kappa shape index (κ2) is 6.79. The predicted molar refractivity (Wildman–Crippen MR) is 103 cm³/mol. The Morgan fingerprint density at radius 3 is 2.58 bits per heavy atom. The van der Waals surface area contributed by atoms with Crippen LogP contribution >= 0.6 is 0 Å². The molecule has 0 radical (unpaired) electrons. The molecule has 0 aliphatic carbocycles. The summed E-state index contributed by atoms with van der Waals surface area (Å²) in [5.74, 6) is 0.611. The van der Waals surface area contributed by atoms with Gasteiger partial charge in [0.1, 0.15) is 11.6 Å². The minimum Gasteiger partial charge on any atom is -0.497 e. The van der Waals surface area contributed by atoms with Crippen LogP contribution in [0.25, 0.3) is 27.5 Å². The van der Waals surface area contributed by atoms with Gasteiger partial charge in [-0.3, -0.25) is 0 Å². The van der Waals surface area contributed by atoms with Gasteiger partial charge in [0.15, 0.2) is 0 Å². The van der Waals surface area contributed by atoms with E-state index in [1.54, 1.807) is 13.2 Å². The zero-order valence-corrected chi connectivity index (χ0v) is 15.0. The van der Waals surface area contributed by atoms with Gasteiger partial charge in [-0.15, -0.1) is 0 Å². The molecule has 0 atom stereocenters. The maximum absolute atomic E-state index is 13.7. The number of unbranched alkanes of at least 4 members (excludes halogenated alkanes) is 1. The molecule has 0 saturated carbocycles. The average molecular weight is 348 g/mol. The Bertz CT molecular complexity index is 1070. The molecule has 0 saturated heterocycles. The third-order valence-corrected chi connectivity index (χ3v) is 4.77. The van der Waals surface area contributed by atoms with Crippen LogP contribution in [0.3, 0.4) is 0 Å². The van der Waals surface area contributed by atoms with Crippen molar-refractivity contribution >= 4 is 16.3 Å². The fraction of sp³-hybridized carbons (Fsp3) is 0.227. The van der Waals surface area contributed by atoms with Crippen LogP contribution in [-0.2, 0) is 6.42 Å². The maximum Gasteiger partial charge on any atom is 0.123 e. The Kier molecular flexibility index (Phi) is 4.33. The lowest BCUT2D eigenvalue weighted by Gasteiger charge is -2.08. The fourth-order valence-electron chi connectivity index (χ4n) is 3.36. The number of nitrogens with zero attached hydrogens (tertiary/aromatic N) is 2. The van der Waals surface area contributed by atoms with E-state index in [9.17, 15) is 4.39 Å². The van der Waals surface area contributed by atoms with E-state index in [2.05, 4.69) is 19.1 Å². The first-order valence-electron chi connectivity index (χ1n) is 8.95. The first kappa shape index (κ1) is 16.6. The minimum absolute atomic E-state index is 0.210. The summed E-state index contributed by atoms with van der Waals surface area (Å²) >= 11 is 0. The molecule has 0 aliphatic rings. The number of fused-ring (bicyclic) bond motifs is 3. The van der Waals surface area contributed by atoms with E-state index >= 15 is 0 Å². The zero-order chi connectivity index (χ0) is 18.1. The smallest absolute Gasteiger partial charge is 0.123 e. The van der Waals surface area contributed by atoms with E-state index in [0.717, 1.165) is 58.3 Å². The number of benzene rings is 2. The number of hydrogen-bond donors (Lipinski definition) is 0. The van der Waals surface area contributed by atoms with E-state index in [-0.39, 0.29) is 5.82 Å². The second-order valence-corrected chi connectivity index (χ2v) is 6.53. The number of aryl methyl sites for hydroxylation is 1. The van der Waals surface area contributed by atoms with E-state index < -0.39 is 0 Å². The highest BCUT2D eigenvalue weighted by molar-refractivity contribution is 5.97. The van der Waals surface area contributed by atoms with Gasteiger partial charge in [-0.25, -0.2) is 8.91 Å². The van der Waals surface area contributed by atoms with E-state index in [0.29, 0.717) is 0 Å². The van der Waals surface area contributed by atoms with Gasteiger partial charge in [0.25, 0.3) is 0 Å². The molecule has 0 amide bonds. The number of pyridine rings is 1. The molecule has 0 bridgehead atoms. The highest BCUT2D eigenvalue weighted by atomic mass is 19.1. The molecule has 2 aromatic heterocycles. The van der Waals surface area contributed by atoms with Crippen molar-refractivity contribution < 1.29 is 9.13 Å². The van der Waals surface area contributed by atoms with Gasteiger partial charge < -0.3 is 4.74 Å². The Balaban J connectivity index is 1.92. The Morgan fingerprint density at radius 1 is 1.04 bits per heavy atom. The monoisotopic (exact) mass is 348 g/mol. The first-order chi connectivity index (χ1) is 12.7. The number of rotatable bonds is 5. The summed E-state index contributed by atoms with van der Waals surface area (Å²) in [6, 6.07) is 17.0. The molecule has 26 heavy (non-hydrogen) atoms. The summed E-state index contributed by atoms with van der Waals surface area (Å²) in [5.41, 5.74) is 4.06. The molecule has 4 rings (SSSR count). The third kappa shape index (κ3) is 2.92. The van der Waals surface area contributed by atoms with Gasteiger partial charge in [-0.05, 0) is 72.8 Å². The first-order valence-corrected chi connectivity index (χ1v) is 8.95. The van der Waals surface area contributed by atoms with Crippen LogP contribution in [-0.4, -0.2) is 16.7 Å². The fourth-order valence-corrected chi connectivity index (χ4v) is 3.36. The van der Waals surface area contributed by atoms with Gasteiger partial charge in [0.05, 0.1) is 18.3 Å². The zero-order valence-electron chi connectivity index (χ0n) is 15.0. The molecule has 0 fully saturated rings. The highest BCUT2D eigenvalue weighted by Gasteiger charge is 2.12. The van der Waals surface area contributed by atoms with Crippen molar-refractivity contribution in [3.8, 4) is 17.0 Å². The van der Waals surface area contributed by atoms with Gasteiger partial charge in [0, 0.05) is 16.6 Å². The van der Waals surface area contributed by atoms with Crippen molar-refractivity contribution in [2.24, 2.45) is 0 Å². The molecule has 132 valence electrons. The summed E-state index contributed by atoms with van der Waals surface area (Å²) in [6.45, 7) is 2.17. The van der Waals surface area contributed by atoms with E-state index in [1.165, 1.54) is 6.07 Å². The Morgan fingerprint density at radius 2 is 1.85 bits per heavy atom. The van der Waals surface area contributed by atoms with Crippen molar-refractivity contribution in [2.45, 2.75) is 26.2 Å². The lowest BCUT2D eigenvalue weighted by Crippen LogP contribution is -2.00. The summed E-state index contributed by atoms with van der Waals surface area (Å²) in [5, 5.41) is 6.78. The molecule has 3 nitrogen and oxygen atoms in total. The van der Waals surface area contributed by atoms with Crippen LogP contribution in [0.15, 0.2) is 54.6 Å². The van der Waals surface area contributed by atoms with Crippen LogP contribution in [0.4, 0.5) is 4.39 Å². The minimum atomic E-state index is -0.210. The largest absolute Gasteiger partial charge is 0.497 e. The topological polar surface area (TPSA) is 26.5 Å². The standard InChI is InChI=1S/C22H21FN2O/c1-3-4-5-18-13-16-12-17(23)8-11-20(16)22-14-21(24-25(18)22)15-6-9-19(26-2)10-7-15/h6-14H,3-5H2,1-2H3. The number of halogens is 1. The lowest BCUT2D eigenvalue weighted by molar-refractivity contribution is 0.415. The maximum atomic E-state index is 13.7. The molecule has 2 heterocycles. The van der Waals surface area contributed by atoms with Crippen LogP contribution in [0.5, 0.6) is 5.75 Å². The van der Waals surface area contributed by atoms with Crippen LogP contribution in [0.2, 0.25) is 0 Å². The van der Waals surface area contributed by atoms with Crippen LogP contribution < -0.4 is 4.74 Å². The quantitative estimate of drug-likeness (QED) is 0.466. The van der Waals surface area contributed by atoms with Gasteiger partial charge in [0.2, 0.25) is 0 Å². The van der Waals surface area contributed by atoms with E-state index in [1.807, 2.05) is 34.8 Å². The van der Waals surface area contributed by atoms with Crippen molar-refractivity contribution in [2.75, 3.05) is 7.11 Å². The molecular formula is C22H21FN2O. The molecule has 0 unspecified atom stereocenters. The van der Waals surface area contributed by atoms with Crippen molar-refractivity contribution in [3.05, 3.63) is 66.1 Å². The number of hydrogen-bond acceptors (Lipinski definition) is 2. The van der Waals surface area contributed by atoms with Crippen LogP contribution in [0, 0.1) is 5.82 Å². The third-order valence-electron chi connectivity index (χ3n) is 4.77. The average Bonchev–Trinajstić information content (AvgIpc) is 3.11. The summed E-state index contributed by atoms with van der Waals surface area (Å²) < 4.78 is 21.0. The van der Waals surface area contributed by atoms with Crippen molar-refractivity contribution in [3.63, 3.8) is 0 Å². The molecular weight excluding hydrogens is 327 g/mol. The molecule has 4 heteroatoms.